The SMILES string of the molecule is O=c1/c(=C\c2ccccc2I)sc2nc3ccccc3n12. The topological polar surface area (TPSA) is 34.4 Å². The predicted molar refractivity (Wildman–Crippen MR) is 94.8 cm³/mol. The van der Waals surface area contributed by atoms with Gasteiger partial charge in [0.25, 0.3) is 5.56 Å². The second kappa shape index (κ2) is 4.92. The first-order chi connectivity index (χ1) is 10.2. The molecular formula is C16H9IN2OS. The Morgan fingerprint density at radius 3 is 2.71 bits per heavy atom. The molecule has 2 heterocycles. The van der Waals surface area contributed by atoms with Crippen LogP contribution in [0.3, 0.4) is 0 Å². The van der Waals surface area contributed by atoms with Crippen molar-refractivity contribution in [3.8, 4) is 0 Å². The summed E-state index contributed by atoms with van der Waals surface area (Å²) in [7, 11) is 0. The number of fused-ring (bicyclic) bond motifs is 3. The van der Waals surface area contributed by atoms with Crippen molar-refractivity contribution in [2.75, 3.05) is 0 Å². The van der Waals surface area contributed by atoms with Gasteiger partial charge < -0.3 is 0 Å². The highest BCUT2D eigenvalue weighted by Crippen LogP contribution is 2.16. The van der Waals surface area contributed by atoms with Crippen LogP contribution in [0.2, 0.25) is 0 Å². The van der Waals surface area contributed by atoms with E-state index in [0.29, 0.717) is 4.53 Å². The highest BCUT2D eigenvalue weighted by molar-refractivity contribution is 14.1. The largest absolute Gasteiger partial charge is 0.274 e. The molecule has 0 radical (unpaired) electrons. The number of rotatable bonds is 1. The first-order valence-electron chi connectivity index (χ1n) is 6.40. The highest BCUT2D eigenvalue weighted by Gasteiger charge is 2.10. The van der Waals surface area contributed by atoms with Crippen LogP contribution in [0.1, 0.15) is 5.56 Å². The lowest BCUT2D eigenvalue weighted by molar-refractivity contribution is 1.19. The van der Waals surface area contributed by atoms with Crippen molar-refractivity contribution in [1.82, 2.24) is 9.38 Å². The van der Waals surface area contributed by atoms with Crippen molar-refractivity contribution in [2.24, 2.45) is 0 Å². The van der Waals surface area contributed by atoms with Gasteiger partial charge in [-0.3, -0.25) is 4.79 Å². The van der Waals surface area contributed by atoms with Crippen molar-refractivity contribution in [3.05, 3.63) is 72.6 Å². The van der Waals surface area contributed by atoms with Crippen LogP contribution >= 0.6 is 33.9 Å². The molecule has 2 aromatic carbocycles. The fraction of sp³-hybridized carbons (Fsp3) is 0. The maximum Gasteiger partial charge on any atom is 0.274 e. The lowest BCUT2D eigenvalue weighted by atomic mass is 10.2. The van der Waals surface area contributed by atoms with Gasteiger partial charge >= 0.3 is 0 Å². The van der Waals surface area contributed by atoms with Crippen LogP contribution in [0, 0.1) is 3.57 Å². The van der Waals surface area contributed by atoms with Gasteiger partial charge in [-0.15, -0.1) is 0 Å². The third-order valence-corrected chi connectivity index (χ3v) is 5.29. The van der Waals surface area contributed by atoms with E-state index in [4.69, 9.17) is 0 Å². The maximum absolute atomic E-state index is 12.6. The normalized spacial score (nSPS) is 12.5. The van der Waals surface area contributed by atoms with Crippen LogP contribution in [-0.2, 0) is 0 Å². The number of halogens is 1. The van der Waals surface area contributed by atoms with Gasteiger partial charge in [0.1, 0.15) is 0 Å². The van der Waals surface area contributed by atoms with Crippen LogP contribution in [0.25, 0.3) is 22.1 Å². The van der Waals surface area contributed by atoms with E-state index < -0.39 is 0 Å². The summed E-state index contributed by atoms with van der Waals surface area (Å²) in [5.74, 6) is 0. The first-order valence-corrected chi connectivity index (χ1v) is 8.30. The number of imidazole rings is 1. The number of aromatic nitrogens is 2. The molecule has 102 valence electrons. The molecule has 0 atom stereocenters. The quantitative estimate of drug-likeness (QED) is 0.457. The molecule has 4 rings (SSSR count). The first kappa shape index (κ1) is 13.0. The second-order valence-electron chi connectivity index (χ2n) is 4.66. The molecule has 0 saturated heterocycles. The van der Waals surface area contributed by atoms with Crippen LogP contribution in [0.15, 0.2) is 53.3 Å². The van der Waals surface area contributed by atoms with Crippen molar-refractivity contribution in [2.45, 2.75) is 0 Å². The lowest BCUT2D eigenvalue weighted by Gasteiger charge is -1.94. The number of hydrogen-bond donors (Lipinski definition) is 0. The Morgan fingerprint density at radius 1 is 1.10 bits per heavy atom. The van der Waals surface area contributed by atoms with Gasteiger partial charge in [0.15, 0.2) is 4.96 Å². The van der Waals surface area contributed by atoms with Crippen LogP contribution in [0.5, 0.6) is 0 Å². The van der Waals surface area contributed by atoms with Gasteiger partial charge in [-0.2, -0.15) is 0 Å². The lowest BCUT2D eigenvalue weighted by Crippen LogP contribution is -2.22. The number of thiazole rings is 1. The van der Waals surface area contributed by atoms with E-state index >= 15 is 0 Å². The summed E-state index contributed by atoms with van der Waals surface area (Å²) in [5.41, 5.74) is 2.80. The Hall–Kier alpha value is -1.73. The number of benzene rings is 2. The zero-order valence-electron chi connectivity index (χ0n) is 10.8. The molecule has 21 heavy (non-hydrogen) atoms. The number of para-hydroxylation sites is 2. The van der Waals surface area contributed by atoms with E-state index in [1.807, 2.05) is 54.6 Å². The molecular weight excluding hydrogens is 395 g/mol. The van der Waals surface area contributed by atoms with E-state index in [1.165, 1.54) is 11.3 Å². The average Bonchev–Trinajstić information content (AvgIpc) is 2.99. The molecule has 0 bridgehead atoms. The minimum absolute atomic E-state index is 0.00310. The molecule has 0 fully saturated rings. The minimum atomic E-state index is 0.00310. The summed E-state index contributed by atoms with van der Waals surface area (Å²) in [5, 5.41) is 0. The summed E-state index contributed by atoms with van der Waals surface area (Å²) in [4.78, 5) is 17.9. The fourth-order valence-electron chi connectivity index (χ4n) is 2.35. The van der Waals surface area contributed by atoms with Gasteiger partial charge in [0, 0.05) is 3.57 Å². The molecule has 0 saturated carbocycles. The summed E-state index contributed by atoms with van der Waals surface area (Å²) >= 11 is 3.71. The molecule has 4 aromatic rings. The van der Waals surface area contributed by atoms with E-state index in [-0.39, 0.29) is 5.56 Å². The summed E-state index contributed by atoms with van der Waals surface area (Å²) in [6.45, 7) is 0. The minimum Gasteiger partial charge on any atom is -0.267 e. The molecule has 0 spiro atoms. The monoisotopic (exact) mass is 404 g/mol. The van der Waals surface area contributed by atoms with E-state index in [0.717, 1.165) is 25.1 Å². The van der Waals surface area contributed by atoms with Gasteiger partial charge in [-0.1, -0.05) is 41.7 Å². The molecule has 0 amide bonds. The average molecular weight is 404 g/mol. The third kappa shape index (κ3) is 2.08. The smallest absolute Gasteiger partial charge is 0.267 e. The highest BCUT2D eigenvalue weighted by atomic mass is 127. The Balaban J connectivity index is 2.06. The van der Waals surface area contributed by atoms with E-state index in [9.17, 15) is 4.79 Å². The number of hydrogen-bond acceptors (Lipinski definition) is 3. The summed E-state index contributed by atoms with van der Waals surface area (Å²) in [6, 6.07) is 15.7. The Labute approximate surface area is 137 Å². The van der Waals surface area contributed by atoms with Gasteiger partial charge in [-0.05, 0) is 52.4 Å². The molecule has 0 aliphatic heterocycles. The van der Waals surface area contributed by atoms with Crippen molar-refractivity contribution < 1.29 is 0 Å². The number of nitrogens with zero attached hydrogens (tertiary/aromatic N) is 2. The molecule has 0 unspecified atom stereocenters. The van der Waals surface area contributed by atoms with Crippen molar-refractivity contribution >= 4 is 56.0 Å². The zero-order chi connectivity index (χ0) is 14.4. The Kier molecular flexibility index (Phi) is 3.04. The molecule has 0 aliphatic rings. The molecule has 0 aliphatic carbocycles. The predicted octanol–water partition coefficient (Wildman–Crippen LogP) is 3.06. The molecule has 0 N–H and O–H groups in total. The summed E-state index contributed by atoms with van der Waals surface area (Å²) in [6.07, 6.45) is 1.94. The van der Waals surface area contributed by atoms with E-state index in [1.54, 1.807) is 4.40 Å². The summed E-state index contributed by atoms with van der Waals surface area (Å²) < 4.78 is 3.54. The standard InChI is InChI=1S/C16H9IN2OS/c17-11-6-2-1-5-10(11)9-14-15(20)19-13-8-4-3-7-12(13)18-16(19)21-14/h1-9H/b14-9+. The fourth-order valence-corrected chi connectivity index (χ4v) is 3.87. The Bertz CT molecular complexity index is 1080. The van der Waals surface area contributed by atoms with Crippen molar-refractivity contribution in [1.29, 1.82) is 0 Å². The molecule has 5 heteroatoms. The van der Waals surface area contributed by atoms with Crippen LogP contribution in [0.4, 0.5) is 0 Å². The van der Waals surface area contributed by atoms with Crippen LogP contribution in [-0.4, -0.2) is 9.38 Å². The van der Waals surface area contributed by atoms with Crippen molar-refractivity contribution in [3.63, 3.8) is 0 Å². The third-order valence-electron chi connectivity index (χ3n) is 3.34. The Morgan fingerprint density at radius 2 is 1.86 bits per heavy atom. The molecule has 2 aromatic heterocycles. The maximum atomic E-state index is 12.6. The van der Waals surface area contributed by atoms with Gasteiger partial charge in [0.2, 0.25) is 0 Å². The van der Waals surface area contributed by atoms with Gasteiger partial charge in [-0.25, -0.2) is 9.38 Å². The molecule has 3 nitrogen and oxygen atoms in total. The van der Waals surface area contributed by atoms with Gasteiger partial charge in [0.05, 0.1) is 15.6 Å². The second-order valence-corrected chi connectivity index (χ2v) is 6.83. The zero-order valence-corrected chi connectivity index (χ0v) is 13.8. The van der Waals surface area contributed by atoms with E-state index in [2.05, 4.69) is 27.6 Å². The van der Waals surface area contributed by atoms with Crippen LogP contribution < -0.4 is 10.1 Å².